The van der Waals surface area contributed by atoms with E-state index in [9.17, 15) is 0 Å². The minimum absolute atomic E-state index is 0.303. The molecule has 0 amide bonds. The lowest BCUT2D eigenvalue weighted by molar-refractivity contribution is 0.200. The molecule has 1 aromatic heterocycles. The number of nitrogens with one attached hydrogen (secondary N) is 1. The van der Waals surface area contributed by atoms with Crippen LogP contribution in [0.2, 0.25) is 0 Å². The van der Waals surface area contributed by atoms with Gasteiger partial charge in [0.1, 0.15) is 0 Å². The van der Waals surface area contributed by atoms with E-state index in [-0.39, 0.29) is 0 Å². The van der Waals surface area contributed by atoms with Gasteiger partial charge in [0.05, 0.1) is 26.9 Å². The SMILES string of the molecule is COc1cc(OC)nc(OCC2CCCNC2)n1. The molecule has 1 unspecified atom stereocenters. The fourth-order valence-corrected chi connectivity index (χ4v) is 1.92. The van der Waals surface area contributed by atoms with Crippen LogP contribution in [0.5, 0.6) is 17.8 Å². The summed E-state index contributed by atoms with van der Waals surface area (Å²) in [6, 6.07) is 1.92. The van der Waals surface area contributed by atoms with Gasteiger partial charge >= 0.3 is 6.01 Å². The third kappa shape index (κ3) is 3.46. The Labute approximate surface area is 107 Å². The molecule has 1 aliphatic rings. The largest absolute Gasteiger partial charge is 0.481 e. The smallest absolute Gasteiger partial charge is 0.323 e. The van der Waals surface area contributed by atoms with Gasteiger partial charge in [-0.2, -0.15) is 9.97 Å². The van der Waals surface area contributed by atoms with Crippen molar-refractivity contribution in [2.45, 2.75) is 12.8 Å². The second-order valence-corrected chi connectivity index (χ2v) is 4.26. The molecule has 6 nitrogen and oxygen atoms in total. The Kier molecular flexibility index (Phi) is 4.58. The van der Waals surface area contributed by atoms with Crippen molar-refractivity contribution in [1.29, 1.82) is 0 Å². The quantitative estimate of drug-likeness (QED) is 0.840. The molecule has 0 aromatic carbocycles. The Balaban J connectivity index is 1.94. The van der Waals surface area contributed by atoms with Crippen LogP contribution in [0.15, 0.2) is 6.07 Å². The fraction of sp³-hybridized carbons (Fsp3) is 0.667. The Morgan fingerprint density at radius 2 is 2.00 bits per heavy atom. The molecule has 1 aliphatic heterocycles. The van der Waals surface area contributed by atoms with Crippen molar-refractivity contribution >= 4 is 0 Å². The van der Waals surface area contributed by atoms with E-state index in [0.717, 1.165) is 13.1 Å². The van der Waals surface area contributed by atoms with Crippen molar-refractivity contribution in [1.82, 2.24) is 15.3 Å². The van der Waals surface area contributed by atoms with Crippen molar-refractivity contribution < 1.29 is 14.2 Å². The van der Waals surface area contributed by atoms with Crippen molar-refractivity contribution in [3.05, 3.63) is 6.07 Å². The molecule has 1 aromatic rings. The number of nitrogens with zero attached hydrogens (tertiary/aromatic N) is 2. The number of rotatable bonds is 5. The van der Waals surface area contributed by atoms with E-state index in [1.54, 1.807) is 20.3 Å². The normalized spacial score (nSPS) is 19.3. The molecule has 6 heteroatoms. The summed E-state index contributed by atoms with van der Waals surface area (Å²) in [5.74, 6) is 1.40. The minimum atomic E-state index is 0.303. The molecule has 1 saturated heterocycles. The maximum absolute atomic E-state index is 5.61. The lowest BCUT2D eigenvalue weighted by atomic mass is 10.0. The summed E-state index contributed by atoms with van der Waals surface area (Å²) in [6.07, 6.45) is 2.37. The van der Waals surface area contributed by atoms with Gasteiger partial charge in [-0.3, -0.25) is 0 Å². The summed E-state index contributed by atoms with van der Waals surface area (Å²) < 4.78 is 15.7. The van der Waals surface area contributed by atoms with Crippen LogP contribution in [0.4, 0.5) is 0 Å². The maximum Gasteiger partial charge on any atom is 0.323 e. The highest BCUT2D eigenvalue weighted by atomic mass is 16.5. The Morgan fingerprint density at radius 1 is 1.28 bits per heavy atom. The molecule has 2 rings (SSSR count). The van der Waals surface area contributed by atoms with E-state index in [1.165, 1.54) is 12.8 Å². The first kappa shape index (κ1) is 12.9. The number of aromatic nitrogens is 2. The van der Waals surface area contributed by atoms with Crippen LogP contribution in [0.3, 0.4) is 0 Å². The summed E-state index contributed by atoms with van der Waals surface area (Å²) >= 11 is 0. The Bertz CT molecular complexity index is 359. The molecular weight excluding hydrogens is 234 g/mol. The number of piperidine rings is 1. The van der Waals surface area contributed by atoms with Gasteiger partial charge < -0.3 is 19.5 Å². The molecule has 0 bridgehead atoms. The van der Waals surface area contributed by atoms with Crippen molar-refractivity contribution in [2.75, 3.05) is 33.9 Å². The standard InChI is InChI=1S/C12H19N3O3/c1-16-10-6-11(17-2)15-12(14-10)18-8-9-4-3-5-13-7-9/h6,9,13H,3-5,7-8H2,1-2H3. The summed E-state index contributed by atoms with van der Waals surface area (Å²) in [5.41, 5.74) is 0. The summed E-state index contributed by atoms with van der Waals surface area (Å²) in [4.78, 5) is 8.26. The highest BCUT2D eigenvalue weighted by molar-refractivity contribution is 5.22. The van der Waals surface area contributed by atoms with Crippen LogP contribution < -0.4 is 19.5 Å². The second-order valence-electron chi connectivity index (χ2n) is 4.26. The maximum atomic E-state index is 5.61. The third-order valence-corrected chi connectivity index (χ3v) is 2.92. The average molecular weight is 253 g/mol. The lowest BCUT2D eigenvalue weighted by Gasteiger charge is -2.22. The van der Waals surface area contributed by atoms with Crippen LogP contribution in [0.1, 0.15) is 12.8 Å². The average Bonchev–Trinajstić information content (AvgIpc) is 2.45. The summed E-state index contributed by atoms with van der Waals surface area (Å²) in [5, 5.41) is 3.35. The van der Waals surface area contributed by atoms with Gasteiger partial charge in [-0.05, 0) is 19.4 Å². The van der Waals surface area contributed by atoms with Gasteiger partial charge in [0.2, 0.25) is 11.8 Å². The monoisotopic (exact) mass is 253 g/mol. The Morgan fingerprint density at radius 3 is 2.56 bits per heavy atom. The molecule has 1 N–H and O–H groups in total. The predicted molar refractivity (Wildman–Crippen MR) is 66.2 cm³/mol. The zero-order valence-corrected chi connectivity index (χ0v) is 10.8. The van der Waals surface area contributed by atoms with Gasteiger partial charge in [-0.15, -0.1) is 0 Å². The van der Waals surface area contributed by atoms with Gasteiger partial charge in [0.15, 0.2) is 0 Å². The zero-order chi connectivity index (χ0) is 12.8. The van der Waals surface area contributed by atoms with Crippen LogP contribution >= 0.6 is 0 Å². The van der Waals surface area contributed by atoms with Gasteiger partial charge in [0, 0.05) is 12.5 Å². The highest BCUT2D eigenvalue weighted by Crippen LogP contribution is 2.19. The van der Waals surface area contributed by atoms with Crippen molar-refractivity contribution in [2.24, 2.45) is 5.92 Å². The van der Waals surface area contributed by atoms with Gasteiger partial charge in [-0.25, -0.2) is 0 Å². The first-order valence-electron chi connectivity index (χ1n) is 6.12. The molecule has 0 radical (unpaired) electrons. The first-order valence-corrected chi connectivity index (χ1v) is 6.12. The predicted octanol–water partition coefficient (Wildman–Crippen LogP) is 0.872. The van der Waals surface area contributed by atoms with Crippen molar-refractivity contribution in [3.63, 3.8) is 0 Å². The lowest BCUT2D eigenvalue weighted by Crippen LogP contribution is -2.33. The number of methoxy groups -OCH3 is 2. The van der Waals surface area contributed by atoms with E-state index in [1.807, 2.05) is 0 Å². The van der Waals surface area contributed by atoms with E-state index in [2.05, 4.69) is 15.3 Å². The molecule has 0 aliphatic carbocycles. The van der Waals surface area contributed by atoms with E-state index >= 15 is 0 Å². The topological polar surface area (TPSA) is 65.5 Å². The molecule has 1 fully saturated rings. The first-order chi connectivity index (χ1) is 8.81. The molecule has 0 saturated carbocycles. The van der Waals surface area contributed by atoms with E-state index in [0.29, 0.717) is 30.3 Å². The van der Waals surface area contributed by atoms with Gasteiger partial charge in [-0.1, -0.05) is 0 Å². The van der Waals surface area contributed by atoms with E-state index < -0.39 is 0 Å². The number of ether oxygens (including phenoxy) is 3. The molecule has 100 valence electrons. The number of hydrogen-bond donors (Lipinski definition) is 1. The fourth-order valence-electron chi connectivity index (χ4n) is 1.92. The number of hydrogen-bond acceptors (Lipinski definition) is 6. The third-order valence-electron chi connectivity index (χ3n) is 2.92. The van der Waals surface area contributed by atoms with Crippen LogP contribution in [-0.4, -0.2) is 43.9 Å². The summed E-state index contributed by atoms with van der Waals surface area (Å²) in [6.45, 7) is 2.70. The highest BCUT2D eigenvalue weighted by Gasteiger charge is 2.15. The molecule has 0 spiro atoms. The minimum Gasteiger partial charge on any atom is -0.481 e. The Hall–Kier alpha value is -1.56. The molecule has 1 atom stereocenters. The van der Waals surface area contributed by atoms with E-state index in [4.69, 9.17) is 14.2 Å². The van der Waals surface area contributed by atoms with Crippen molar-refractivity contribution in [3.8, 4) is 17.8 Å². The van der Waals surface area contributed by atoms with Crippen LogP contribution in [-0.2, 0) is 0 Å². The molecular formula is C12H19N3O3. The second kappa shape index (κ2) is 6.39. The van der Waals surface area contributed by atoms with Gasteiger partial charge in [0.25, 0.3) is 0 Å². The summed E-state index contributed by atoms with van der Waals surface area (Å²) in [7, 11) is 3.10. The molecule has 18 heavy (non-hydrogen) atoms. The van der Waals surface area contributed by atoms with Crippen LogP contribution in [0.25, 0.3) is 0 Å². The van der Waals surface area contributed by atoms with Crippen LogP contribution in [0, 0.1) is 5.92 Å². The zero-order valence-electron chi connectivity index (χ0n) is 10.8. The molecule has 2 heterocycles.